The topological polar surface area (TPSA) is 74.2 Å². The fourth-order valence-corrected chi connectivity index (χ4v) is 1.30. The van der Waals surface area contributed by atoms with Crippen molar-refractivity contribution in [2.75, 3.05) is 38.0 Å². The number of hydrogen-bond acceptors (Lipinski definition) is 6. The summed E-state index contributed by atoms with van der Waals surface area (Å²) >= 11 is 0. The highest BCUT2D eigenvalue weighted by Gasteiger charge is 2.21. The molecule has 1 aromatic heterocycles. The lowest BCUT2D eigenvalue weighted by molar-refractivity contribution is -0.128. The highest BCUT2D eigenvalue weighted by molar-refractivity contribution is 5.81. The smallest absolute Gasteiger partial charge is 0.229 e. The highest BCUT2D eigenvalue weighted by atomic mass is 16.2. The van der Waals surface area contributed by atoms with Crippen LogP contribution < -0.4 is 15.1 Å². The Kier molecular flexibility index (Phi) is 4.86. The van der Waals surface area contributed by atoms with Gasteiger partial charge in [-0.3, -0.25) is 4.79 Å². The molecule has 112 valence electrons. The largest absolute Gasteiger partial charge is 0.348 e. The molecule has 0 aromatic carbocycles. The second-order valence-corrected chi connectivity index (χ2v) is 6.07. The zero-order valence-electron chi connectivity index (χ0n) is 13.4. The Hall–Kier alpha value is -1.92. The number of nitrogens with one attached hydrogen (secondary N) is 1. The van der Waals surface area contributed by atoms with Crippen molar-refractivity contribution in [3.63, 3.8) is 0 Å². The Labute approximate surface area is 120 Å². The molecule has 1 heterocycles. The van der Waals surface area contributed by atoms with Gasteiger partial charge < -0.3 is 15.1 Å². The first kappa shape index (κ1) is 16.1. The zero-order valence-corrected chi connectivity index (χ0v) is 13.4. The summed E-state index contributed by atoms with van der Waals surface area (Å²) in [6, 6.07) is 0. The Morgan fingerprint density at radius 1 is 1.00 bits per heavy atom. The molecule has 0 aliphatic rings. The van der Waals surface area contributed by atoms with Gasteiger partial charge in [-0.2, -0.15) is 15.0 Å². The summed E-state index contributed by atoms with van der Waals surface area (Å²) in [6.07, 6.45) is 0. The van der Waals surface area contributed by atoms with Gasteiger partial charge in [-0.05, 0) is 0 Å². The third kappa shape index (κ3) is 4.32. The van der Waals surface area contributed by atoms with Gasteiger partial charge in [0.1, 0.15) is 0 Å². The average Bonchev–Trinajstić information content (AvgIpc) is 2.34. The quantitative estimate of drug-likeness (QED) is 0.873. The molecule has 1 aromatic rings. The van der Waals surface area contributed by atoms with Crippen molar-refractivity contribution in [3.05, 3.63) is 5.82 Å². The van der Waals surface area contributed by atoms with Gasteiger partial charge in [0.15, 0.2) is 5.82 Å². The van der Waals surface area contributed by atoms with Crippen molar-refractivity contribution >= 4 is 17.8 Å². The van der Waals surface area contributed by atoms with Gasteiger partial charge in [0.25, 0.3) is 0 Å². The summed E-state index contributed by atoms with van der Waals surface area (Å²) in [5.74, 6) is 1.66. The van der Waals surface area contributed by atoms with E-state index in [9.17, 15) is 4.79 Å². The maximum absolute atomic E-state index is 11.9. The van der Waals surface area contributed by atoms with Crippen LogP contribution in [-0.2, 0) is 11.3 Å². The second-order valence-electron chi connectivity index (χ2n) is 6.07. The van der Waals surface area contributed by atoms with Crippen LogP contribution in [0.4, 0.5) is 11.9 Å². The molecule has 0 saturated heterocycles. The molecule has 7 nitrogen and oxygen atoms in total. The fourth-order valence-electron chi connectivity index (χ4n) is 1.30. The minimum absolute atomic E-state index is 0.0317. The first-order valence-corrected chi connectivity index (χ1v) is 6.49. The van der Waals surface area contributed by atoms with Crippen LogP contribution in [0, 0.1) is 5.41 Å². The Morgan fingerprint density at radius 2 is 1.45 bits per heavy atom. The molecule has 20 heavy (non-hydrogen) atoms. The van der Waals surface area contributed by atoms with Crippen LogP contribution >= 0.6 is 0 Å². The zero-order chi connectivity index (χ0) is 15.5. The van der Waals surface area contributed by atoms with Crippen LogP contribution in [0.5, 0.6) is 0 Å². The lowest BCUT2D eigenvalue weighted by Crippen LogP contribution is -2.35. The predicted octanol–water partition coefficient (Wildman–Crippen LogP) is 0.666. The summed E-state index contributed by atoms with van der Waals surface area (Å²) in [4.78, 5) is 28.5. The Balaban J connectivity index is 2.92. The summed E-state index contributed by atoms with van der Waals surface area (Å²) in [5, 5.41) is 2.84. The maximum atomic E-state index is 11.9. The number of rotatable bonds is 4. The number of carbonyl (C=O) groups is 1. The maximum Gasteiger partial charge on any atom is 0.229 e. The van der Waals surface area contributed by atoms with E-state index in [4.69, 9.17) is 0 Å². The summed E-state index contributed by atoms with van der Waals surface area (Å²) < 4.78 is 0. The summed E-state index contributed by atoms with van der Waals surface area (Å²) in [5.41, 5.74) is -0.429. The molecule has 0 aliphatic heterocycles. The van der Waals surface area contributed by atoms with Crippen molar-refractivity contribution in [1.82, 2.24) is 20.3 Å². The van der Waals surface area contributed by atoms with E-state index in [1.807, 2.05) is 58.8 Å². The fraction of sp³-hybridized carbons (Fsp3) is 0.692. The van der Waals surface area contributed by atoms with Crippen LogP contribution in [0.3, 0.4) is 0 Å². The number of carbonyl (C=O) groups excluding carboxylic acids is 1. The average molecular weight is 280 g/mol. The summed E-state index contributed by atoms with van der Waals surface area (Å²) in [6.45, 7) is 5.89. The number of nitrogens with zero attached hydrogens (tertiary/aromatic N) is 5. The van der Waals surface area contributed by atoms with Gasteiger partial charge in [-0.15, -0.1) is 0 Å². The van der Waals surface area contributed by atoms with E-state index in [-0.39, 0.29) is 5.91 Å². The molecule has 0 fully saturated rings. The molecule has 0 atom stereocenters. The second kappa shape index (κ2) is 6.02. The van der Waals surface area contributed by atoms with Gasteiger partial charge in [0, 0.05) is 33.6 Å². The summed E-state index contributed by atoms with van der Waals surface area (Å²) in [7, 11) is 7.47. The predicted molar refractivity (Wildman–Crippen MR) is 79.8 cm³/mol. The lowest BCUT2D eigenvalue weighted by atomic mass is 9.96. The van der Waals surface area contributed by atoms with Crippen molar-refractivity contribution < 1.29 is 4.79 Å². The molecule has 1 N–H and O–H groups in total. The highest BCUT2D eigenvalue weighted by Crippen LogP contribution is 2.14. The Morgan fingerprint density at radius 3 is 1.80 bits per heavy atom. The van der Waals surface area contributed by atoms with Gasteiger partial charge in [0.2, 0.25) is 17.8 Å². The molecule has 0 bridgehead atoms. The Bertz CT molecular complexity index is 452. The van der Waals surface area contributed by atoms with Crippen LogP contribution in [0.15, 0.2) is 0 Å². The molecular formula is C13H24N6O. The monoisotopic (exact) mass is 280 g/mol. The van der Waals surface area contributed by atoms with E-state index in [0.717, 1.165) is 0 Å². The first-order valence-electron chi connectivity index (χ1n) is 6.49. The molecule has 0 radical (unpaired) electrons. The molecule has 1 amide bonds. The van der Waals surface area contributed by atoms with Crippen LogP contribution in [0.2, 0.25) is 0 Å². The van der Waals surface area contributed by atoms with E-state index < -0.39 is 5.41 Å². The van der Waals surface area contributed by atoms with Crippen molar-refractivity contribution in [2.24, 2.45) is 5.41 Å². The van der Waals surface area contributed by atoms with Gasteiger partial charge in [-0.25, -0.2) is 0 Å². The van der Waals surface area contributed by atoms with E-state index in [1.165, 1.54) is 0 Å². The molecule has 1 rings (SSSR count). The molecule has 0 saturated carbocycles. The van der Waals surface area contributed by atoms with E-state index in [2.05, 4.69) is 20.3 Å². The van der Waals surface area contributed by atoms with Crippen LogP contribution in [0.1, 0.15) is 26.6 Å². The molecule has 7 heteroatoms. The van der Waals surface area contributed by atoms with Crippen LogP contribution in [-0.4, -0.2) is 49.0 Å². The SMILES string of the molecule is CN(C)c1nc(CNC(=O)C(C)(C)C)nc(N(C)C)n1. The number of amides is 1. The minimum atomic E-state index is -0.429. The third-order valence-electron chi connectivity index (χ3n) is 2.55. The molecule has 0 aliphatic carbocycles. The third-order valence-corrected chi connectivity index (χ3v) is 2.55. The van der Waals surface area contributed by atoms with Crippen LogP contribution in [0.25, 0.3) is 0 Å². The number of hydrogen-bond donors (Lipinski definition) is 1. The molecule has 0 unspecified atom stereocenters. The minimum Gasteiger partial charge on any atom is -0.348 e. The lowest BCUT2D eigenvalue weighted by Gasteiger charge is -2.19. The van der Waals surface area contributed by atoms with Gasteiger partial charge in [-0.1, -0.05) is 20.8 Å². The normalized spacial score (nSPS) is 11.2. The molecular weight excluding hydrogens is 256 g/mol. The standard InChI is InChI=1S/C13H24N6O/c1-13(2,3)10(20)14-8-9-15-11(18(4)5)17-12(16-9)19(6)7/h8H2,1-7H3,(H,14,20). The van der Waals surface area contributed by atoms with Gasteiger partial charge in [0.05, 0.1) is 6.54 Å². The molecule has 0 spiro atoms. The van der Waals surface area contributed by atoms with E-state index >= 15 is 0 Å². The van der Waals surface area contributed by atoms with Gasteiger partial charge >= 0.3 is 0 Å². The van der Waals surface area contributed by atoms with Crippen molar-refractivity contribution in [3.8, 4) is 0 Å². The van der Waals surface area contributed by atoms with E-state index in [0.29, 0.717) is 24.3 Å². The number of aromatic nitrogens is 3. The number of anilines is 2. The van der Waals surface area contributed by atoms with E-state index in [1.54, 1.807) is 0 Å². The first-order chi connectivity index (χ1) is 9.11. The van der Waals surface area contributed by atoms with Crippen molar-refractivity contribution in [1.29, 1.82) is 0 Å². The van der Waals surface area contributed by atoms with Crippen molar-refractivity contribution in [2.45, 2.75) is 27.3 Å².